The summed E-state index contributed by atoms with van der Waals surface area (Å²) in [6.45, 7) is 5.75. The van der Waals surface area contributed by atoms with Crippen molar-refractivity contribution >= 4 is 0 Å². The lowest BCUT2D eigenvalue weighted by atomic mass is 10.0. The van der Waals surface area contributed by atoms with Crippen LogP contribution in [0.25, 0.3) is 0 Å². The van der Waals surface area contributed by atoms with Gasteiger partial charge in [0.1, 0.15) is 5.75 Å². The van der Waals surface area contributed by atoms with E-state index in [0.717, 1.165) is 29.9 Å². The van der Waals surface area contributed by atoms with E-state index < -0.39 is 6.10 Å². The van der Waals surface area contributed by atoms with E-state index in [-0.39, 0.29) is 0 Å². The molecule has 1 saturated heterocycles. The molecule has 1 heterocycles. The van der Waals surface area contributed by atoms with Crippen LogP contribution in [-0.2, 0) is 0 Å². The van der Waals surface area contributed by atoms with Crippen LogP contribution in [0.3, 0.4) is 0 Å². The average molecular weight is 277 g/mol. The molecular formula is C17H27NO2. The van der Waals surface area contributed by atoms with Gasteiger partial charge >= 0.3 is 0 Å². The summed E-state index contributed by atoms with van der Waals surface area (Å²) in [5.41, 5.74) is 2.04. The van der Waals surface area contributed by atoms with Crippen molar-refractivity contribution in [2.45, 2.75) is 51.7 Å². The lowest BCUT2D eigenvalue weighted by Gasteiger charge is -2.32. The number of hydrogen-bond acceptors (Lipinski definition) is 3. The molecule has 0 bridgehead atoms. The van der Waals surface area contributed by atoms with Gasteiger partial charge < -0.3 is 14.7 Å². The largest absolute Gasteiger partial charge is 0.493 e. The molecule has 3 nitrogen and oxygen atoms in total. The Kier molecular flexibility index (Phi) is 5.44. The van der Waals surface area contributed by atoms with Gasteiger partial charge in [-0.3, -0.25) is 0 Å². The fourth-order valence-corrected chi connectivity index (χ4v) is 2.94. The lowest BCUT2D eigenvalue weighted by molar-refractivity contribution is 0.149. The highest BCUT2D eigenvalue weighted by molar-refractivity contribution is 5.38. The molecule has 0 amide bonds. The first-order chi connectivity index (χ1) is 9.58. The summed E-state index contributed by atoms with van der Waals surface area (Å²) in [6.07, 6.45) is 4.50. The molecule has 112 valence electrons. The molecule has 20 heavy (non-hydrogen) atoms. The molecule has 0 spiro atoms. The van der Waals surface area contributed by atoms with Gasteiger partial charge in [0, 0.05) is 11.6 Å². The summed E-state index contributed by atoms with van der Waals surface area (Å²) in [5, 5.41) is 9.83. The molecule has 1 N–H and O–H groups in total. The van der Waals surface area contributed by atoms with Gasteiger partial charge in [-0.05, 0) is 58.8 Å². The molecule has 1 aliphatic heterocycles. The monoisotopic (exact) mass is 277 g/mol. The van der Waals surface area contributed by atoms with Gasteiger partial charge in [-0.2, -0.15) is 0 Å². The van der Waals surface area contributed by atoms with Crippen LogP contribution in [0.15, 0.2) is 18.2 Å². The third-order valence-electron chi connectivity index (χ3n) is 4.25. The number of aliphatic hydroxyl groups excluding tert-OH is 1. The second kappa shape index (κ2) is 7.09. The Balaban J connectivity index is 1.90. The van der Waals surface area contributed by atoms with Crippen LogP contribution in [0.1, 0.15) is 49.8 Å². The number of aryl methyl sites for hydroxylation is 1. The molecule has 0 aromatic heterocycles. The van der Waals surface area contributed by atoms with Crippen LogP contribution < -0.4 is 4.74 Å². The van der Waals surface area contributed by atoms with Crippen molar-refractivity contribution in [3.63, 3.8) is 0 Å². The van der Waals surface area contributed by atoms with Gasteiger partial charge in [0.05, 0.1) is 12.7 Å². The maximum absolute atomic E-state index is 9.83. The highest BCUT2D eigenvalue weighted by atomic mass is 16.5. The second-order valence-electron chi connectivity index (χ2n) is 5.98. The molecule has 1 fully saturated rings. The van der Waals surface area contributed by atoms with E-state index >= 15 is 0 Å². The summed E-state index contributed by atoms with van der Waals surface area (Å²) in [4.78, 5) is 2.44. The minimum atomic E-state index is -0.484. The van der Waals surface area contributed by atoms with Crippen molar-refractivity contribution < 1.29 is 9.84 Å². The van der Waals surface area contributed by atoms with Crippen LogP contribution >= 0.6 is 0 Å². The van der Waals surface area contributed by atoms with E-state index in [1.807, 2.05) is 25.1 Å². The number of ether oxygens (including phenoxy) is 1. The van der Waals surface area contributed by atoms with Gasteiger partial charge in [0.25, 0.3) is 0 Å². The van der Waals surface area contributed by atoms with Gasteiger partial charge in [0.15, 0.2) is 0 Å². The minimum Gasteiger partial charge on any atom is -0.493 e. The molecule has 2 rings (SSSR count). The summed E-state index contributed by atoms with van der Waals surface area (Å²) in [7, 11) is 2.21. The predicted octanol–water partition coefficient (Wildman–Crippen LogP) is 3.30. The standard InChI is InChI=1S/C17H27NO2/c1-13-7-8-17(16(12-13)14(2)19)20-11-9-15-6-4-5-10-18(15)3/h7-8,12,14-15,19H,4-6,9-11H2,1-3H3. The number of nitrogens with zero attached hydrogens (tertiary/aromatic N) is 1. The van der Waals surface area contributed by atoms with E-state index in [9.17, 15) is 5.11 Å². The Bertz CT molecular complexity index is 431. The normalized spacial score (nSPS) is 21.7. The Hall–Kier alpha value is -1.06. The molecule has 2 unspecified atom stereocenters. The summed E-state index contributed by atoms with van der Waals surface area (Å²) in [5.74, 6) is 0.823. The van der Waals surface area contributed by atoms with Crippen molar-refractivity contribution in [3.05, 3.63) is 29.3 Å². The molecule has 1 aromatic carbocycles. The molecule has 1 aromatic rings. The minimum absolute atomic E-state index is 0.484. The Morgan fingerprint density at radius 2 is 2.20 bits per heavy atom. The third kappa shape index (κ3) is 3.97. The van der Waals surface area contributed by atoms with E-state index in [4.69, 9.17) is 4.74 Å². The molecule has 2 atom stereocenters. The zero-order valence-corrected chi connectivity index (χ0v) is 12.9. The fraction of sp³-hybridized carbons (Fsp3) is 0.647. The zero-order valence-electron chi connectivity index (χ0n) is 12.9. The summed E-state index contributed by atoms with van der Waals surface area (Å²) < 4.78 is 5.92. The van der Waals surface area contributed by atoms with Crippen LogP contribution in [-0.4, -0.2) is 36.2 Å². The Labute approximate surface area is 122 Å². The van der Waals surface area contributed by atoms with E-state index in [1.54, 1.807) is 6.92 Å². The number of benzene rings is 1. The lowest BCUT2D eigenvalue weighted by Crippen LogP contribution is -2.37. The van der Waals surface area contributed by atoms with Crippen molar-refractivity contribution in [2.75, 3.05) is 20.2 Å². The first kappa shape index (κ1) is 15.3. The molecule has 0 radical (unpaired) electrons. The Morgan fingerprint density at radius 3 is 2.90 bits per heavy atom. The van der Waals surface area contributed by atoms with Crippen molar-refractivity contribution in [1.82, 2.24) is 4.90 Å². The maximum atomic E-state index is 9.83. The van der Waals surface area contributed by atoms with Crippen molar-refractivity contribution in [2.24, 2.45) is 0 Å². The first-order valence-corrected chi connectivity index (χ1v) is 7.69. The summed E-state index contributed by atoms with van der Waals surface area (Å²) in [6, 6.07) is 6.66. The maximum Gasteiger partial charge on any atom is 0.125 e. The predicted molar refractivity (Wildman–Crippen MR) is 82.2 cm³/mol. The average Bonchev–Trinajstić information content (AvgIpc) is 2.42. The van der Waals surface area contributed by atoms with Gasteiger partial charge in [-0.25, -0.2) is 0 Å². The number of likely N-dealkylation sites (tertiary alicyclic amines) is 1. The van der Waals surface area contributed by atoms with E-state index in [2.05, 4.69) is 11.9 Å². The molecule has 0 aliphatic carbocycles. The highest BCUT2D eigenvalue weighted by Gasteiger charge is 2.19. The second-order valence-corrected chi connectivity index (χ2v) is 5.98. The van der Waals surface area contributed by atoms with Crippen molar-refractivity contribution in [1.29, 1.82) is 0 Å². The van der Waals surface area contributed by atoms with Crippen LogP contribution in [0.5, 0.6) is 5.75 Å². The first-order valence-electron chi connectivity index (χ1n) is 7.69. The van der Waals surface area contributed by atoms with E-state index in [1.165, 1.54) is 25.8 Å². The topological polar surface area (TPSA) is 32.7 Å². The smallest absolute Gasteiger partial charge is 0.125 e. The molecule has 1 aliphatic rings. The number of rotatable bonds is 5. The molecule has 0 saturated carbocycles. The zero-order chi connectivity index (χ0) is 14.5. The fourth-order valence-electron chi connectivity index (χ4n) is 2.94. The molecular weight excluding hydrogens is 250 g/mol. The Morgan fingerprint density at radius 1 is 1.40 bits per heavy atom. The third-order valence-corrected chi connectivity index (χ3v) is 4.25. The van der Waals surface area contributed by atoms with Crippen LogP contribution in [0.2, 0.25) is 0 Å². The van der Waals surface area contributed by atoms with Gasteiger partial charge in [0.2, 0.25) is 0 Å². The highest BCUT2D eigenvalue weighted by Crippen LogP contribution is 2.27. The SMILES string of the molecule is Cc1ccc(OCCC2CCCCN2C)c(C(C)O)c1. The number of aliphatic hydroxyl groups is 1. The number of hydrogen-bond donors (Lipinski definition) is 1. The van der Waals surface area contributed by atoms with Crippen molar-refractivity contribution in [3.8, 4) is 5.75 Å². The van der Waals surface area contributed by atoms with E-state index in [0.29, 0.717) is 6.04 Å². The quantitative estimate of drug-likeness (QED) is 0.896. The molecule has 3 heteroatoms. The summed E-state index contributed by atoms with van der Waals surface area (Å²) >= 11 is 0. The van der Waals surface area contributed by atoms with Crippen LogP contribution in [0, 0.1) is 6.92 Å². The number of piperidine rings is 1. The van der Waals surface area contributed by atoms with Gasteiger partial charge in [-0.15, -0.1) is 0 Å². The van der Waals surface area contributed by atoms with Crippen LogP contribution in [0.4, 0.5) is 0 Å². The van der Waals surface area contributed by atoms with Gasteiger partial charge in [-0.1, -0.05) is 18.1 Å².